The standard InChI is InChI=1S/C17H26N2O2/c1-11(2)12-5-4-6-14(9-12)19-15-10-13(17(18)20)7-8-16(15)21-3/h7-8,10-12,14,19H,4-6,9H2,1-3H3,(H2,18,20). The molecule has 4 nitrogen and oxygen atoms in total. The molecule has 1 aromatic carbocycles. The normalized spacial score (nSPS) is 22.1. The third kappa shape index (κ3) is 3.90. The van der Waals surface area contributed by atoms with Gasteiger partial charge in [-0.2, -0.15) is 0 Å². The Hall–Kier alpha value is -1.71. The number of nitrogens with one attached hydrogen (secondary N) is 1. The lowest BCUT2D eigenvalue weighted by atomic mass is 9.79. The van der Waals surface area contributed by atoms with Gasteiger partial charge in [0.15, 0.2) is 0 Å². The molecule has 0 aromatic heterocycles. The fourth-order valence-electron chi connectivity index (χ4n) is 3.16. The number of nitrogens with two attached hydrogens (primary N) is 1. The van der Waals surface area contributed by atoms with E-state index < -0.39 is 5.91 Å². The summed E-state index contributed by atoms with van der Waals surface area (Å²) in [6, 6.07) is 5.72. The van der Waals surface area contributed by atoms with Crippen molar-refractivity contribution in [3.05, 3.63) is 23.8 Å². The maximum Gasteiger partial charge on any atom is 0.248 e. The van der Waals surface area contributed by atoms with E-state index in [4.69, 9.17) is 10.5 Å². The minimum Gasteiger partial charge on any atom is -0.495 e. The van der Waals surface area contributed by atoms with E-state index in [2.05, 4.69) is 19.2 Å². The van der Waals surface area contributed by atoms with Gasteiger partial charge >= 0.3 is 0 Å². The van der Waals surface area contributed by atoms with Gasteiger partial charge in [-0.3, -0.25) is 4.79 Å². The van der Waals surface area contributed by atoms with Crippen molar-refractivity contribution in [3.8, 4) is 5.75 Å². The van der Waals surface area contributed by atoms with Gasteiger partial charge in [0.25, 0.3) is 0 Å². The third-order valence-electron chi connectivity index (χ3n) is 4.50. The summed E-state index contributed by atoms with van der Waals surface area (Å²) in [5.41, 5.74) is 6.73. The monoisotopic (exact) mass is 290 g/mol. The summed E-state index contributed by atoms with van der Waals surface area (Å²) in [4.78, 5) is 11.3. The molecule has 2 rings (SSSR count). The van der Waals surface area contributed by atoms with E-state index in [9.17, 15) is 4.79 Å². The fraction of sp³-hybridized carbons (Fsp3) is 0.588. The molecule has 0 bridgehead atoms. The van der Waals surface area contributed by atoms with Crippen molar-refractivity contribution in [3.63, 3.8) is 0 Å². The molecule has 0 spiro atoms. The summed E-state index contributed by atoms with van der Waals surface area (Å²) < 4.78 is 5.38. The molecule has 0 saturated heterocycles. The van der Waals surface area contributed by atoms with Crippen molar-refractivity contribution in [2.75, 3.05) is 12.4 Å². The first-order chi connectivity index (χ1) is 10.0. The van der Waals surface area contributed by atoms with Crippen LogP contribution in [0.25, 0.3) is 0 Å². The molecule has 21 heavy (non-hydrogen) atoms. The SMILES string of the molecule is COc1ccc(C(N)=O)cc1NC1CCCC(C(C)C)C1. The highest BCUT2D eigenvalue weighted by Crippen LogP contribution is 2.34. The molecule has 116 valence electrons. The smallest absolute Gasteiger partial charge is 0.248 e. The molecule has 1 aliphatic rings. The van der Waals surface area contributed by atoms with Gasteiger partial charge in [-0.1, -0.05) is 26.7 Å². The van der Waals surface area contributed by atoms with Gasteiger partial charge < -0.3 is 15.8 Å². The molecular formula is C17H26N2O2. The Labute approximate surface area is 127 Å². The zero-order chi connectivity index (χ0) is 15.4. The van der Waals surface area contributed by atoms with E-state index in [1.807, 2.05) is 0 Å². The number of hydrogen-bond acceptors (Lipinski definition) is 3. The molecule has 2 atom stereocenters. The third-order valence-corrected chi connectivity index (χ3v) is 4.50. The number of amides is 1. The van der Waals surface area contributed by atoms with Crippen LogP contribution < -0.4 is 15.8 Å². The van der Waals surface area contributed by atoms with Crippen LogP contribution in [0.15, 0.2) is 18.2 Å². The van der Waals surface area contributed by atoms with Crippen LogP contribution in [-0.2, 0) is 0 Å². The number of ether oxygens (including phenoxy) is 1. The van der Waals surface area contributed by atoms with Crippen LogP contribution in [0, 0.1) is 11.8 Å². The van der Waals surface area contributed by atoms with Crippen LogP contribution >= 0.6 is 0 Å². The average molecular weight is 290 g/mol. The minimum absolute atomic E-state index is 0.413. The molecule has 0 radical (unpaired) electrons. The first-order valence-electron chi connectivity index (χ1n) is 7.75. The molecule has 1 saturated carbocycles. The second-order valence-electron chi connectivity index (χ2n) is 6.29. The molecule has 2 unspecified atom stereocenters. The van der Waals surface area contributed by atoms with Crippen LogP contribution in [-0.4, -0.2) is 19.1 Å². The van der Waals surface area contributed by atoms with Crippen LogP contribution in [0.3, 0.4) is 0 Å². The molecule has 4 heteroatoms. The van der Waals surface area contributed by atoms with Gasteiger partial charge in [0.2, 0.25) is 5.91 Å². The summed E-state index contributed by atoms with van der Waals surface area (Å²) in [6.45, 7) is 4.59. The van der Waals surface area contributed by atoms with E-state index in [1.54, 1.807) is 25.3 Å². The number of methoxy groups -OCH3 is 1. The van der Waals surface area contributed by atoms with Crippen molar-refractivity contribution >= 4 is 11.6 Å². The number of anilines is 1. The van der Waals surface area contributed by atoms with Crippen molar-refractivity contribution in [2.24, 2.45) is 17.6 Å². The van der Waals surface area contributed by atoms with E-state index >= 15 is 0 Å². The molecule has 0 heterocycles. The maximum absolute atomic E-state index is 11.3. The quantitative estimate of drug-likeness (QED) is 0.873. The number of carbonyl (C=O) groups excluding carboxylic acids is 1. The van der Waals surface area contributed by atoms with E-state index in [-0.39, 0.29) is 0 Å². The maximum atomic E-state index is 11.3. The Morgan fingerprint density at radius 1 is 1.38 bits per heavy atom. The summed E-state index contributed by atoms with van der Waals surface area (Å²) >= 11 is 0. The Bertz CT molecular complexity index is 500. The molecular weight excluding hydrogens is 264 g/mol. The van der Waals surface area contributed by atoms with Gasteiger partial charge in [0, 0.05) is 11.6 Å². The molecule has 0 aliphatic heterocycles. The number of carbonyl (C=O) groups is 1. The van der Waals surface area contributed by atoms with Gasteiger partial charge in [-0.05, 0) is 42.9 Å². The van der Waals surface area contributed by atoms with Crippen molar-refractivity contribution in [1.29, 1.82) is 0 Å². The van der Waals surface area contributed by atoms with E-state index in [1.165, 1.54) is 19.3 Å². The van der Waals surface area contributed by atoms with Crippen LogP contribution in [0.1, 0.15) is 49.9 Å². The number of benzene rings is 1. The zero-order valence-electron chi connectivity index (χ0n) is 13.2. The largest absolute Gasteiger partial charge is 0.495 e. The highest BCUT2D eigenvalue weighted by molar-refractivity contribution is 5.94. The first kappa shape index (κ1) is 15.7. The highest BCUT2D eigenvalue weighted by Gasteiger charge is 2.24. The average Bonchev–Trinajstić information content (AvgIpc) is 2.47. The van der Waals surface area contributed by atoms with Crippen LogP contribution in [0.2, 0.25) is 0 Å². The predicted molar refractivity (Wildman–Crippen MR) is 85.7 cm³/mol. The van der Waals surface area contributed by atoms with Gasteiger partial charge in [-0.15, -0.1) is 0 Å². The van der Waals surface area contributed by atoms with E-state index in [0.717, 1.165) is 23.8 Å². The second-order valence-corrected chi connectivity index (χ2v) is 6.29. The second kappa shape index (κ2) is 6.83. The van der Waals surface area contributed by atoms with Crippen molar-refractivity contribution < 1.29 is 9.53 Å². The molecule has 1 aliphatic carbocycles. The Balaban J connectivity index is 2.14. The van der Waals surface area contributed by atoms with Gasteiger partial charge in [0.1, 0.15) is 5.75 Å². The molecule has 1 amide bonds. The highest BCUT2D eigenvalue weighted by atomic mass is 16.5. The Morgan fingerprint density at radius 3 is 2.76 bits per heavy atom. The van der Waals surface area contributed by atoms with Crippen LogP contribution in [0.4, 0.5) is 5.69 Å². The molecule has 3 N–H and O–H groups in total. The predicted octanol–water partition coefficient (Wildman–Crippen LogP) is 3.42. The lowest BCUT2D eigenvalue weighted by Gasteiger charge is -2.33. The van der Waals surface area contributed by atoms with Crippen LogP contribution in [0.5, 0.6) is 5.75 Å². The summed E-state index contributed by atoms with van der Waals surface area (Å²) in [5.74, 6) is 1.83. The lowest BCUT2D eigenvalue weighted by molar-refractivity contribution is 0.100. The fourth-order valence-corrected chi connectivity index (χ4v) is 3.16. The Kier molecular flexibility index (Phi) is 5.10. The van der Waals surface area contributed by atoms with Gasteiger partial charge in [0.05, 0.1) is 12.8 Å². The lowest BCUT2D eigenvalue weighted by Crippen LogP contribution is -2.29. The summed E-state index contributed by atoms with van der Waals surface area (Å²) in [7, 11) is 1.64. The number of rotatable bonds is 5. The topological polar surface area (TPSA) is 64.3 Å². The number of hydrogen-bond donors (Lipinski definition) is 2. The van der Waals surface area contributed by atoms with Crippen molar-refractivity contribution in [2.45, 2.75) is 45.6 Å². The minimum atomic E-state index is -0.413. The van der Waals surface area contributed by atoms with Crippen molar-refractivity contribution in [1.82, 2.24) is 0 Å². The zero-order valence-corrected chi connectivity index (χ0v) is 13.2. The Morgan fingerprint density at radius 2 is 2.14 bits per heavy atom. The summed E-state index contributed by atoms with van der Waals surface area (Å²) in [6.07, 6.45) is 4.89. The summed E-state index contributed by atoms with van der Waals surface area (Å²) in [5, 5.41) is 3.55. The molecule has 1 aromatic rings. The first-order valence-corrected chi connectivity index (χ1v) is 7.75. The molecule has 1 fully saturated rings. The number of primary amides is 1. The van der Waals surface area contributed by atoms with E-state index in [0.29, 0.717) is 17.5 Å². The van der Waals surface area contributed by atoms with Gasteiger partial charge in [-0.25, -0.2) is 0 Å².